The van der Waals surface area contributed by atoms with Gasteiger partial charge in [0.2, 0.25) is 5.91 Å². The molecule has 0 aliphatic heterocycles. The molecule has 1 aromatic heterocycles. The zero-order valence-electron chi connectivity index (χ0n) is 15.7. The monoisotopic (exact) mass is 384 g/mol. The highest BCUT2D eigenvalue weighted by atomic mass is 32.2. The number of nitrogens with one attached hydrogen (secondary N) is 1. The van der Waals surface area contributed by atoms with Gasteiger partial charge in [-0.1, -0.05) is 49.1 Å². The number of hydrogen-bond donors (Lipinski definition) is 1. The number of nitrogens with zero attached hydrogens (tertiary/aromatic N) is 3. The summed E-state index contributed by atoms with van der Waals surface area (Å²) < 4.78 is 1.48. The van der Waals surface area contributed by atoms with E-state index in [0.717, 1.165) is 31.2 Å². The predicted octanol–water partition coefficient (Wildman–Crippen LogP) is 3.07. The molecule has 1 aliphatic carbocycles. The van der Waals surface area contributed by atoms with Crippen LogP contribution in [0, 0.1) is 18.3 Å². The van der Waals surface area contributed by atoms with Crippen molar-refractivity contribution < 1.29 is 4.79 Å². The molecule has 1 heterocycles. The van der Waals surface area contributed by atoms with Gasteiger partial charge in [-0.25, -0.2) is 4.98 Å². The van der Waals surface area contributed by atoms with Crippen molar-refractivity contribution >= 4 is 28.6 Å². The molecule has 6 nitrogen and oxygen atoms in total. The Hall–Kier alpha value is -2.33. The Morgan fingerprint density at radius 2 is 2.04 bits per heavy atom. The van der Waals surface area contributed by atoms with Gasteiger partial charge >= 0.3 is 0 Å². The van der Waals surface area contributed by atoms with Gasteiger partial charge in [0.25, 0.3) is 5.56 Å². The Balaban J connectivity index is 1.73. The van der Waals surface area contributed by atoms with Crippen molar-refractivity contribution in [2.24, 2.45) is 7.05 Å². The lowest BCUT2D eigenvalue weighted by atomic mass is 9.92. The number of amides is 1. The summed E-state index contributed by atoms with van der Waals surface area (Å²) in [4.78, 5) is 29.6. The number of aromatic nitrogens is 2. The van der Waals surface area contributed by atoms with Crippen LogP contribution in [-0.4, -0.2) is 26.8 Å². The summed E-state index contributed by atoms with van der Waals surface area (Å²) in [6.07, 6.45) is 5.54. The molecule has 142 valence electrons. The second kappa shape index (κ2) is 8.13. The molecule has 0 unspecified atom stereocenters. The highest BCUT2D eigenvalue weighted by Gasteiger charge is 2.32. The van der Waals surface area contributed by atoms with Gasteiger partial charge in [0.1, 0.15) is 5.54 Å². The highest BCUT2D eigenvalue weighted by Crippen LogP contribution is 2.27. The Kier molecular flexibility index (Phi) is 5.85. The van der Waals surface area contributed by atoms with Crippen LogP contribution in [0.1, 0.15) is 44.1 Å². The SMILES string of the molecule is Cc1ccc2nc(SCC(=O)NC3(C#N)CCCCCC3)n(C)c(=O)c2c1. The Bertz CT molecular complexity index is 953. The van der Waals surface area contributed by atoms with E-state index in [-0.39, 0.29) is 17.2 Å². The lowest BCUT2D eigenvalue weighted by molar-refractivity contribution is -0.120. The first kappa shape index (κ1) is 19.4. The maximum atomic E-state index is 12.6. The fourth-order valence-electron chi connectivity index (χ4n) is 3.52. The second-order valence-electron chi connectivity index (χ2n) is 7.22. The standard InChI is InChI=1S/C20H24N4O2S/c1-14-7-8-16-15(11-14)18(26)24(2)19(22-16)27-12-17(25)23-20(13-21)9-5-3-4-6-10-20/h7-8,11H,3-6,9-10,12H2,1-2H3,(H,23,25). The lowest BCUT2D eigenvalue weighted by Crippen LogP contribution is -2.47. The van der Waals surface area contributed by atoms with Gasteiger partial charge in [-0.15, -0.1) is 0 Å². The number of fused-ring (bicyclic) bond motifs is 1. The molecule has 0 radical (unpaired) electrons. The summed E-state index contributed by atoms with van der Waals surface area (Å²) in [7, 11) is 1.67. The summed E-state index contributed by atoms with van der Waals surface area (Å²) in [5, 5.41) is 13.6. The van der Waals surface area contributed by atoms with E-state index in [4.69, 9.17) is 0 Å². The van der Waals surface area contributed by atoms with Crippen LogP contribution in [0.15, 0.2) is 28.2 Å². The summed E-state index contributed by atoms with van der Waals surface area (Å²) in [6, 6.07) is 7.89. The van der Waals surface area contributed by atoms with Crippen molar-refractivity contribution in [1.82, 2.24) is 14.9 Å². The predicted molar refractivity (Wildman–Crippen MR) is 107 cm³/mol. The quantitative estimate of drug-likeness (QED) is 0.497. The zero-order valence-corrected chi connectivity index (χ0v) is 16.6. The van der Waals surface area contributed by atoms with E-state index in [1.165, 1.54) is 16.3 Å². The normalized spacial score (nSPS) is 16.5. The minimum absolute atomic E-state index is 0.121. The topological polar surface area (TPSA) is 87.8 Å². The third-order valence-corrected chi connectivity index (χ3v) is 6.10. The largest absolute Gasteiger partial charge is 0.337 e. The fourth-order valence-corrected chi connectivity index (χ4v) is 4.30. The summed E-state index contributed by atoms with van der Waals surface area (Å²) in [6.45, 7) is 1.93. The van der Waals surface area contributed by atoms with Crippen LogP contribution in [0.4, 0.5) is 0 Å². The molecule has 1 amide bonds. The first-order chi connectivity index (χ1) is 12.9. The number of carbonyl (C=O) groups excluding carboxylic acids is 1. The van der Waals surface area contributed by atoms with Crippen LogP contribution in [0.25, 0.3) is 10.9 Å². The molecule has 7 heteroatoms. The van der Waals surface area contributed by atoms with Crippen LogP contribution < -0.4 is 10.9 Å². The third-order valence-electron chi connectivity index (χ3n) is 5.07. The van der Waals surface area contributed by atoms with Gasteiger partial charge in [0.15, 0.2) is 5.16 Å². The molecule has 1 saturated carbocycles. The fraction of sp³-hybridized carbons (Fsp3) is 0.500. The summed E-state index contributed by atoms with van der Waals surface area (Å²) in [5.41, 5.74) is 0.757. The number of rotatable bonds is 4. The molecule has 1 aliphatic rings. The summed E-state index contributed by atoms with van der Waals surface area (Å²) in [5.74, 6) is -0.0668. The van der Waals surface area contributed by atoms with Gasteiger partial charge in [-0.3, -0.25) is 14.2 Å². The van der Waals surface area contributed by atoms with Crippen molar-refractivity contribution in [3.63, 3.8) is 0 Å². The number of nitriles is 1. The molecule has 1 fully saturated rings. The molecule has 3 rings (SSSR count). The Morgan fingerprint density at radius 3 is 2.70 bits per heavy atom. The molecular weight excluding hydrogens is 360 g/mol. The lowest BCUT2D eigenvalue weighted by Gasteiger charge is -2.26. The van der Waals surface area contributed by atoms with Crippen molar-refractivity contribution in [2.45, 2.75) is 56.1 Å². The molecule has 0 spiro atoms. The minimum Gasteiger partial charge on any atom is -0.337 e. The third kappa shape index (κ3) is 4.33. The van der Waals surface area contributed by atoms with Crippen LogP contribution in [-0.2, 0) is 11.8 Å². The van der Waals surface area contributed by atoms with Gasteiger partial charge < -0.3 is 5.32 Å². The van der Waals surface area contributed by atoms with E-state index in [1.807, 2.05) is 25.1 Å². The first-order valence-corrected chi connectivity index (χ1v) is 10.3. The van der Waals surface area contributed by atoms with Crippen LogP contribution in [0.3, 0.4) is 0 Å². The van der Waals surface area contributed by atoms with Crippen LogP contribution in [0.5, 0.6) is 0 Å². The molecule has 0 bridgehead atoms. The molecule has 1 aromatic carbocycles. The Morgan fingerprint density at radius 1 is 1.33 bits per heavy atom. The van der Waals surface area contributed by atoms with E-state index >= 15 is 0 Å². The van der Waals surface area contributed by atoms with Crippen molar-refractivity contribution in [2.75, 3.05) is 5.75 Å². The van der Waals surface area contributed by atoms with Gasteiger partial charge in [0.05, 0.1) is 22.7 Å². The van der Waals surface area contributed by atoms with E-state index in [0.29, 0.717) is 28.9 Å². The average molecular weight is 385 g/mol. The smallest absolute Gasteiger partial charge is 0.261 e. The minimum atomic E-state index is -0.756. The zero-order chi connectivity index (χ0) is 19.4. The first-order valence-electron chi connectivity index (χ1n) is 9.26. The average Bonchev–Trinajstić information content (AvgIpc) is 2.90. The van der Waals surface area contributed by atoms with Crippen LogP contribution >= 0.6 is 11.8 Å². The molecule has 2 aromatic rings. The summed E-state index contributed by atoms with van der Waals surface area (Å²) >= 11 is 1.22. The number of hydrogen-bond acceptors (Lipinski definition) is 5. The maximum Gasteiger partial charge on any atom is 0.261 e. The maximum absolute atomic E-state index is 12.6. The van der Waals surface area contributed by atoms with Gasteiger partial charge in [-0.2, -0.15) is 5.26 Å². The second-order valence-corrected chi connectivity index (χ2v) is 8.17. The van der Waals surface area contributed by atoms with E-state index < -0.39 is 5.54 Å². The number of aryl methyl sites for hydroxylation is 1. The van der Waals surface area contributed by atoms with Crippen molar-refractivity contribution in [3.05, 3.63) is 34.1 Å². The van der Waals surface area contributed by atoms with Gasteiger partial charge in [0, 0.05) is 7.05 Å². The van der Waals surface area contributed by atoms with Crippen LogP contribution in [0.2, 0.25) is 0 Å². The number of carbonyl (C=O) groups is 1. The van der Waals surface area contributed by atoms with Crippen molar-refractivity contribution in [3.8, 4) is 6.07 Å². The number of thioether (sulfide) groups is 1. The van der Waals surface area contributed by atoms with Gasteiger partial charge in [-0.05, 0) is 31.9 Å². The molecule has 1 N–H and O–H groups in total. The van der Waals surface area contributed by atoms with E-state index in [2.05, 4.69) is 16.4 Å². The molecule has 0 atom stereocenters. The molecule has 27 heavy (non-hydrogen) atoms. The Labute approximate surface area is 163 Å². The number of benzene rings is 1. The highest BCUT2D eigenvalue weighted by molar-refractivity contribution is 7.99. The van der Waals surface area contributed by atoms with E-state index in [1.54, 1.807) is 7.05 Å². The molecule has 0 saturated heterocycles. The van der Waals surface area contributed by atoms with Crippen molar-refractivity contribution in [1.29, 1.82) is 5.26 Å². The molecular formula is C20H24N4O2S. The van der Waals surface area contributed by atoms with E-state index in [9.17, 15) is 14.9 Å².